The second-order valence-electron chi connectivity index (χ2n) is 5.46. The van der Waals surface area contributed by atoms with Crippen molar-refractivity contribution in [3.05, 3.63) is 48.0 Å². The molecule has 0 spiro atoms. The van der Waals surface area contributed by atoms with E-state index in [9.17, 15) is 0 Å². The molecule has 2 aromatic carbocycles. The van der Waals surface area contributed by atoms with E-state index in [1.165, 1.54) is 40.2 Å². The van der Waals surface area contributed by atoms with E-state index in [2.05, 4.69) is 54.4 Å². The number of rotatable bonds is 1. The van der Waals surface area contributed by atoms with Gasteiger partial charge in [-0.15, -0.1) is 0 Å². The summed E-state index contributed by atoms with van der Waals surface area (Å²) in [6, 6.07) is 15.3. The van der Waals surface area contributed by atoms with Crippen LogP contribution in [0.2, 0.25) is 0 Å². The third-order valence-corrected chi connectivity index (χ3v) is 4.19. The predicted molar refractivity (Wildman–Crippen MR) is 72.4 cm³/mol. The van der Waals surface area contributed by atoms with Crippen molar-refractivity contribution in [1.29, 1.82) is 0 Å². The van der Waals surface area contributed by atoms with Gasteiger partial charge in [0.1, 0.15) is 0 Å². The minimum Gasteiger partial charge on any atom is -0.354 e. The first-order chi connectivity index (χ1) is 8.28. The minimum atomic E-state index is 0.417. The predicted octanol–water partition coefficient (Wildman–Crippen LogP) is 4.37. The molecule has 1 heteroatoms. The normalized spacial score (nSPS) is 17.7. The molecular weight excluding hydrogens is 206 g/mol. The van der Waals surface area contributed by atoms with Gasteiger partial charge in [-0.05, 0) is 29.9 Å². The van der Waals surface area contributed by atoms with Gasteiger partial charge < -0.3 is 4.98 Å². The lowest BCUT2D eigenvalue weighted by molar-refractivity contribution is 0.795. The summed E-state index contributed by atoms with van der Waals surface area (Å²) in [6.07, 6.45) is 2.64. The smallest absolute Gasteiger partial charge is 0.0503 e. The van der Waals surface area contributed by atoms with Gasteiger partial charge in [-0.2, -0.15) is 0 Å². The molecule has 1 fully saturated rings. The highest BCUT2D eigenvalue weighted by Gasteiger charge is 2.40. The Balaban J connectivity index is 2.16. The lowest BCUT2D eigenvalue weighted by Gasteiger charge is -2.09. The largest absolute Gasteiger partial charge is 0.354 e. The number of H-pyrrole nitrogens is 1. The van der Waals surface area contributed by atoms with Crippen LogP contribution in [0.25, 0.3) is 21.8 Å². The SMILES string of the molecule is CC1(c2cccc3c2[nH]c2ccccc23)CC1. The van der Waals surface area contributed by atoms with E-state index in [0.717, 1.165) is 0 Å². The molecule has 0 saturated heterocycles. The molecule has 1 aromatic heterocycles. The molecule has 0 amide bonds. The van der Waals surface area contributed by atoms with Crippen LogP contribution in [0.5, 0.6) is 0 Å². The van der Waals surface area contributed by atoms with Gasteiger partial charge in [0.05, 0.1) is 5.52 Å². The fourth-order valence-corrected chi connectivity index (χ4v) is 2.83. The van der Waals surface area contributed by atoms with Crippen molar-refractivity contribution in [3.63, 3.8) is 0 Å². The molecule has 1 aliphatic carbocycles. The summed E-state index contributed by atoms with van der Waals surface area (Å²) < 4.78 is 0. The zero-order chi connectivity index (χ0) is 11.5. The summed E-state index contributed by atoms with van der Waals surface area (Å²) in [6.45, 7) is 2.37. The number of aromatic amines is 1. The van der Waals surface area contributed by atoms with Crippen LogP contribution < -0.4 is 0 Å². The second kappa shape index (κ2) is 2.92. The molecule has 1 N–H and O–H groups in total. The third kappa shape index (κ3) is 1.20. The number of para-hydroxylation sites is 2. The highest BCUT2D eigenvalue weighted by Crippen LogP contribution is 2.50. The molecule has 1 aliphatic rings. The maximum atomic E-state index is 3.59. The second-order valence-corrected chi connectivity index (χ2v) is 5.46. The number of aromatic nitrogens is 1. The van der Waals surface area contributed by atoms with Gasteiger partial charge in [0.2, 0.25) is 0 Å². The maximum absolute atomic E-state index is 3.59. The van der Waals surface area contributed by atoms with Crippen molar-refractivity contribution < 1.29 is 0 Å². The van der Waals surface area contributed by atoms with Gasteiger partial charge in [-0.25, -0.2) is 0 Å². The average Bonchev–Trinajstić information content (AvgIpc) is 2.99. The first-order valence-corrected chi connectivity index (χ1v) is 6.28. The van der Waals surface area contributed by atoms with Gasteiger partial charge in [0.25, 0.3) is 0 Å². The number of benzene rings is 2. The molecule has 0 unspecified atom stereocenters. The lowest BCUT2D eigenvalue weighted by Crippen LogP contribution is -2.00. The number of hydrogen-bond acceptors (Lipinski definition) is 0. The van der Waals surface area contributed by atoms with E-state index in [0.29, 0.717) is 5.41 Å². The zero-order valence-electron chi connectivity index (χ0n) is 9.96. The van der Waals surface area contributed by atoms with E-state index in [1.807, 2.05) is 0 Å². The molecule has 17 heavy (non-hydrogen) atoms. The Labute approximate surface area is 100 Å². The lowest BCUT2D eigenvalue weighted by atomic mass is 9.96. The number of hydrogen-bond donors (Lipinski definition) is 1. The minimum absolute atomic E-state index is 0.417. The molecule has 1 heterocycles. The zero-order valence-corrected chi connectivity index (χ0v) is 9.96. The van der Waals surface area contributed by atoms with Crippen molar-refractivity contribution >= 4 is 21.8 Å². The first-order valence-electron chi connectivity index (χ1n) is 6.28. The molecular formula is C16H15N. The first kappa shape index (κ1) is 9.29. The third-order valence-electron chi connectivity index (χ3n) is 4.19. The molecule has 0 radical (unpaired) electrons. The summed E-state index contributed by atoms with van der Waals surface area (Å²) in [5.41, 5.74) is 4.50. The summed E-state index contributed by atoms with van der Waals surface area (Å²) in [5.74, 6) is 0. The van der Waals surface area contributed by atoms with Crippen LogP contribution in [-0.4, -0.2) is 4.98 Å². The van der Waals surface area contributed by atoms with Gasteiger partial charge in [-0.3, -0.25) is 0 Å². The summed E-state index contributed by atoms with van der Waals surface area (Å²) >= 11 is 0. The molecule has 0 aliphatic heterocycles. The van der Waals surface area contributed by atoms with Crippen LogP contribution in [0.3, 0.4) is 0 Å². The van der Waals surface area contributed by atoms with Crippen LogP contribution >= 0.6 is 0 Å². The van der Waals surface area contributed by atoms with E-state index in [4.69, 9.17) is 0 Å². The Morgan fingerprint density at radius 1 is 0.941 bits per heavy atom. The molecule has 0 bridgehead atoms. The topological polar surface area (TPSA) is 15.8 Å². The monoisotopic (exact) mass is 221 g/mol. The van der Waals surface area contributed by atoms with Crippen LogP contribution in [0, 0.1) is 0 Å². The fourth-order valence-electron chi connectivity index (χ4n) is 2.83. The van der Waals surface area contributed by atoms with E-state index in [1.54, 1.807) is 0 Å². The van der Waals surface area contributed by atoms with Gasteiger partial charge in [0, 0.05) is 16.3 Å². The maximum Gasteiger partial charge on any atom is 0.0503 e. The Kier molecular flexibility index (Phi) is 1.60. The van der Waals surface area contributed by atoms with Crippen LogP contribution in [0.1, 0.15) is 25.3 Å². The number of nitrogens with one attached hydrogen (secondary N) is 1. The molecule has 1 saturated carbocycles. The van der Waals surface area contributed by atoms with Crippen molar-refractivity contribution in [2.75, 3.05) is 0 Å². The molecule has 84 valence electrons. The molecule has 0 atom stereocenters. The van der Waals surface area contributed by atoms with E-state index in [-0.39, 0.29) is 0 Å². The highest BCUT2D eigenvalue weighted by atomic mass is 14.7. The van der Waals surface area contributed by atoms with E-state index < -0.39 is 0 Å². The van der Waals surface area contributed by atoms with Gasteiger partial charge >= 0.3 is 0 Å². The molecule has 4 rings (SSSR count). The van der Waals surface area contributed by atoms with Gasteiger partial charge in [-0.1, -0.05) is 43.3 Å². The quantitative estimate of drug-likeness (QED) is 0.628. The molecule has 3 aromatic rings. The van der Waals surface area contributed by atoms with Crippen LogP contribution in [0.4, 0.5) is 0 Å². The fraction of sp³-hybridized carbons (Fsp3) is 0.250. The summed E-state index contributed by atoms with van der Waals surface area (Å²) in [4.78, 5) is 3.59. The van der Waals surface area contributed by atoms with Crippen LogP contribution in [-0.2, 0) is 5.41 Å². The van der Waals surface area contributed by atoms with Crippen LogP contribution in [0.15, 0.2) is 42.5 Å². The Morgan fingerprint density at radius 2 is 1.71 bits per heavy atom. The van der Waals surface area contributed by atoms with Crippen molar-refractivity contribution in [2.24, 2.45) is 0 Å². The summed E-state index contributed by atoms with van der Waals surface area (Å²) in [5, 5.41) is 2.71. The standard InChI is InChI=1S/C16H15N/c1-16(9-10-16)13-7-4-6-12-11-5-2-3-8-14(11)17-15(12)13/h2-8,17H,9-10H2,1H3. The Morgan fingerprint density at radius 3 is 2.53 bits per heavy atom. The molecule has 1 nitrogen and oxygen atoms in total. The van der Waals surface area contributed by atoms with E-state index >= 15 is 0 Å². The Bertz CT molecular complexity index is 717. The Hall–Kier alpha value is -1.76. The summed E-state index contributed by atoms with van der Waals surface area (Å²) in [7, 11) is 0. The average molecular weight is 221 g/mol. The van der Waals surface area contributed by atoms with Gasteiger partial charge in [0.15, 0.2) is 0 Å². The van der Waals surface area contributed by atoms with Crippen molar-refractivity contribution in [1.82, 2.24) is 4.98 Å². The van der Waals surface area contributed by atoms with Crippen molar-refractivity contribution in [3.8, 4) is 0 Å². The number of fused-ring (bicyclic) bond motifs is 3. The highest BCUT2D eigenvalue weighted by molar-refractivity contribution is 6.08. The van der Waals surface area contributed by atoms with Crippen molar-refractivity contribution in [2.45, 2.75) is 25.2 Å².